The SMILES string of the molecule is O=c1oc2cc(-c3ccccc3)n(-c3ccccc3)c(=O)c2c(O)c1Sc1ccccc1Br. The van der Waals surface area contributed by atoms with Gasteiger partial charge in [-0.15, -0.1) is 0 Å². The summed E-state index contributed by atoms with van der Waals surface area (Å²) in [6, 6.07) is 27.4. The molecule has 0 amide bonds. The normalized spacial score (nSPS) is 11.1. The zero-order chi connectivity index (χ0) is 22.9. The van der Waals surface area contributed by atoms with E-state index in [1.54, 1.807) is 12.1 Å². The first-order valence-corrected chi connectivity index (χ1v) is 11.6. The summed E-state index contributed by atoms with van der Waals surface area (Å²) in [5.74, 6) is -0.392. The molecule has 0 unspecified atom stereocenters. The number of rotatable bonds is 4. The molecule has 2 aromatic heterocycles. The van der Waals surface area contributed by atoms with E-state index < -0.39 is 16.9 Å². The van der Waals surface area contributed by atoms with Crippen molar-refractivity contribution in [2.45, 2.75) is 9.79 Å². The van der Waals surface area contributed by atoms with Crippen LogP contribution in [0.15, 0.2) is 119 Å². The fourth-order valence-electron chi connectivity index (χ4n) is 3.62. The minimum Gasteiger partial charge on any atom is -0.505 e. The molecule has 2 heterocycles. The van der Waals surface area contributed by atoms with Gasteiger partial charge in [-0.25, -0.2) is 4.79 Å². The Morgan fingerprint density at radius 2 is 1.48 bits per heavy atom. The van der Waals surface area contributed by atoms with Crippen LogP contribution in [0.2, 0.25) is 0 Å². The van der Waals surface area contributed by atoms with Crippen LogP contribution in [0, 0.1) is 0 Å². The van der Waals surface area contributed by atoms with Gasteiger partial charge in [0.05, 0.1) is 5.69 Å². The van der Waals surface area contributed by atoms with E-state index in [4.69, 9.17) is 4.42 Å². The summed E-state index contributed by atoms with van der Waals surface area (Å²) in [6.07, 6.45) is 0. The number of benzene rings is 3. The van der Waals surface area contributed by atoms with Crippen LogP contribution < -0.4 is 11.2 Å². The second-order valence-corrected chi connectivity index (χ2v) is 9.12. The lowest BCUT2D eigenvalue weighted by atomic mass is 10.1. The van der Waals surface area contributed by atoms with Gasteiger partial charge in [-0.2, -0.15) is 0 Å². The first-order valence-electron chi connectivity index (χ1n) is 10.0. The third kappa shape index (κ3) is 3.90. The number of aromatic nitrogens is 1. The molecule has 5 rings (SSSR count). The van der Waals surface area contributed by atoms with Gasteiger partial charge in [0, 0.05) is 21.1 Å². The van der Waals surface area contributed by atoms with Gasteiger partial charge < -0.3 is 9.52 Å². The molecule has 0 radical (unpaired) electrons. The summed E-state index contributed by atoms with van der Waals surface area (Å²) in [5, 5.41) is 11.0. The van der Waals surface area contributed by atoms with Crippen LogP contribution in [-0.4, -0.2) is 9.67 Å². The highest BCUT2D eigenvalue weighted by Crippen LogP contribution is 2.39. The molecule has 0 aliphatic heterocycles. The Balaban J connectivity index is 1.82. The minimum atomic E-state index is -0.711. The lowest BCUT2D eigenvalue weighted by Crippen LogP contribution is -2.21. The number of nitrogens with zero attached hydrogens (tertiary/aromatic N) is 1. The monoisotopic (exact) mass is 517 g/mol. The molecular formula is C26H16BrNO4S. The third-order valence-electron chi connectivity index (χ3n) is 5.14. The van der Waals surface area contributed by atoms with Crippen molar-refractivity contribution in [1.82, 2.24) is 4.57 Å². The molecule has 0 aliphatic rings. The molecule has 1 N–H and O–H groups in total. The van der Waals surface area contributed by atoms with Crippen LogP contribution in [0.4, 0.5) is 0 Å². The Morgan fingerprint density at radius 1 is 0.848 bits per heavy atom. The molecular weight excluding hydrogens is 502 g/mol. The number of aromatic hydroxyl groups is 1. The number of halogens is 1. The maximum Gasteiger partial charge on any atom is 0.354 e. The standard InChI is InChI=1S/C26H16BrNO4S/c27-18-13-7-8-14-21(18)33-24-23(29)22-20(32-26(24)31)15-19(16-9-3-1-4-10-16)28(25(22)30)17-11-5-2-6-12-17/h1-15,29H. The van der Waals surface area contributed by atoms with Crippen LogP contribution in [0.5, 0.6) is 5.75 Å². The first-order chi connectivity index (χ1) is 16.0. The van der Waals surface area contributed by atoms with Crippen LogP contribution in [0.1, 0.15) is 0 Å². The van der Waals surface area contributed by atoms with E-state index in [2.05, 4.69) is 15.9 Å². The minimum absolute atomic E-state index is 0.0324. The molecule has 5 nitrogen and oxygen atoms in total. The Kier molecular flexibility index (Phi) is 5.66. The highest BCUT2D eigenvalue weighted by atomic mass is 79.9. The number of para-hydroxylation sites is 1. The zero-order valence-corrected chi connectivity index (χ0v) is 19.5. The van der Waals surface area contributed by atoms with Gasteiger partial charge >= 0.3 is 5.63 Å². The van der Waals surface area contributed by atoms with Crippen molar-refractivity contribution < 1.29 is 9.52 Å². The predicted octanol–water partition coefficient (Wildman–Crippen LogP) is 6.23. The molecule has 33 heavy (non-hydrogen) atoms. The predicted molar refractivity (Wildman–Crippen MR) is 133 cm³/mol. The molecule has 0 fully saturated rings. The molecule has 0 saturated carbocycles. The third-order valence-corrected chi connectivity index (χ3v) is 7.24. The van der Waals surface area contributed by atoms with Gasteiger partial charge in [-0.05, 0) is 45.8 Å². The van der Waals surface area contributed by atoms with Gasteiger partial charge in [-0.3, -0.25) is 9.36 Å². The molecule has 7 heteroatoms. The lowest BCUT2D eigenvalue weighted by Gasteiger charge is -2.15. The van der Waals surface area contributed by atoms with E-state index >= 15 is 0 Å². The second kappa shape index (κ2) is 8.77. The zero-order valence-electron chi connectivity index (χ0n) is 17.1. The Bertz CT molecular complexity index is 1590. The average Bonchev–Trinajstić information content (AvgIpc) is 2.83. The molecule has 162 valence electrons. The second-order valence-electron chi connectivity index (χ2n) is 7.21. The van der Waals surface area contributed by atoms with Gasteiger partial charge in [0.15, 0.2) is 5.75 Å². The molecule has 0 saturated heterocycles. The van der Waals surface area contributed by atoms with Crippen molar-refractivity contribution in [1.29, 1.82) is 0 Å². The summed E-state index contributed by atoms with van der Waals surface area (Å²) in [6.45, 7) is 0. The topological polar surface area (TPSA) is 72.4 Å². The van der Waals surface area contributed by atoms with Crippen molar-refractivity contribution in [2.24, 2.45) is 0 Å². The summed E-state index contributed by atoms with van der Waals surface area (Å²) in [7, 11) is 0. The average molecular weight is 518 g/mol. The molecule has 0 bridgehead atoms. The fourth-order valence-corrected chi connectivity index (χ4v) is 5.01. The summed E-state index contributed by atoms with van der Waals surface area (Å²) in [5.41, 5.74) is 0.797. The Labute approximate surface area is 201 Å². The molecule has 5 aromatic rings. The highest BCUT2D eigenvalue weighted by molar-refractivity contribution is 9.10. The van der Waals surface area contributed by atoms with E-state index in [-0.39, 0.29) is 15.9 Å². The van der Waals surface area contributed by atoms with Crippen molar-refractivity contribution in [3.05, 3.63) is 116 Å². The van der Waals surface area contributed by atoms with Crippen LogP contribution >= 0.6 is 27.7 Å². The summed E-state index contributed by atoms with van der Waals surface area (Å²) >= 11 is 4.49. The van der Waals surface area contributed by atoms with E-state index in [1.807, 2.05) is 78.9 Å². The first kappa shape index (κ1) is 21.3. The Morgan fingerprint density at radius 3 is 2.18 bits per heavy atom. The maximum absolute atomic E-state index is 13.7. The van der Waals surface area contributed by atoms with Crippen molar-refractivity contribution in [3.63, 3.8) is 0 Å². The smallest absolute Gasteiger partial charge is 0.354 e. The molecule has 0 aliphatic carbocycles. The fraction of sp³-hybridized carbons (Fsp3) is 0. The quantitative estimate of drug-likeness (QED) is 0.306. The van der Waals surface area contributed by atoms with E-state index in [0.29, 0.717) is 16.3 Å². The largest absolute Gasteiger partial charge is 0.505 e. The Hall–Kier alpha value is -3.55. The molecule has 0 atom stereocenters. The number of hydrogen-bond acceptors (Lipinski definition) is 5. The van der Waals surface area contributed by atoms with E-state index in [0.717, 1.165) is 21.8 Å². The van der Waals surface area contributed by atoms with Gasteiger partial charge in [0.2, 0.25) is 0 Å². The number of pyridine rings is 1. The maximum atomic E-state index is 13.7. The van der Waals surface area contributed by atoms with Crippen LogP contribution in [0.25, 0.3) is 27.9 Å². The van der Waals surface area contributed by atoms with Gasteiger partial charge in [0.1, 0.15) is 15.9 Å². The molecule has 3 aromatic carbocycles. The number of fused-ring (bicyclic) bond motifs is 1. The summed E-state index contributed by atoms with van der Waals surface area (Å²) in [4.78, 5) is 27.2. The van der Waals surface area contributed by atoms with Crippen molar-refractivity contribution in [2.75, 3.05) is 0 Å². The van der Waals surface area contributed by atoms with Crippen LogP contribution in [0.3, 0.4) is 0 Å². The highest BCUT2D eigenvalue weighted by Gasteiger charge is 2.22. The lowest BCUT2D eigenvalue weighted by molar-refractivity contribution is 0.446. The number of hydrogen-bond donors (Lipinski definition) is 1. The van der Waals surface area contributed by atoms with Gasteiger partial charge in [0.25, 0.3) is 5.56 Å². The van der Waals surface area contributed by atoms with Crippen LogP contribution in [-0.2, 0) is 0 Å². The van der Waals surface area contributed by atoms with Gasteiger partial charge in [-0.1, -0.05) is 72.4 Å². The van der Waals surface area contributed by atoms with Crippen molar-refractivity contribution >= 4 is 38.7 Å². The van der Waals surface area contributed by atoms with E-state index in [1.165, 1.54) is 4.57 Å². The molecule has 0 spiro atoms. The van der Waals surface area contributed by atoms with Crippen molar-refractivity contribution in [3.8, 4) is 22.7 Å². The summed E-state index contributed by atoms with van der Waals surface area (Å²) < 4.78 is 7.83. The van der Waals surface area contributed by atoms with E-state index in [9.17, 15) is 14.7 Å².